The molecular formula is C23H21ClN2O6. The molecule has 0 aromatic heterocycles. The maximum absolute atomic E-state index is 12.8. The average Bonchev–Trinajstić information content (AvgIpc) is 3.31. The molecule has 166 valence electrons. The van der Waals surface area contributed by atoms with Crippen LogP contribution in [0.3, 0.4) is 0 Å². The maximum Gasteiger partial charge on any atom is 0.267 e. The van der Waals surface area contributed by atoms with E-state index in [1.165, 1.54) is 6.08 Å². The summed E-state index contributed by atoms with van der Waals surface area (Å²) in [7, 11) is 0. The van der Waals surface area contributed by atoms with Crippen LogP contribution in [0.5, 0.6) is 23.0 Å². The van der Waals surface area contributed by atoms with Crippen molar-refractivity contribution in [1.82, 2.24) is 9.80 Å². The fourth-order valence-electron chi connectivity index (χ4n) is 3.85. The molecule has 0 radical (unpaired) electrons. The monoisotopic (exact) mass is 456 g/mol. The van der Waals surface area contributed by atoms with Gasteiger partial charge in [0.1, 0.15) is 6.61 Å². The zero-order valence-electron chi connectivity index (χ0n) is 17.2. The quantitative estimate of drug-likeness (QED) is 0.661. The second kappa shape index (κ2) is 8.63. The first kappa shape index (κ1) is 20.5. The molecule has 0 spiro atoms. The zero-order valence-corrected chi connectivity index (χ0v) is 17.9. The molecule has 1 saturated heterocycles. The van der Waals surface area contributed by atoms with Crippen molar-refractivity contribution in [2.24, 2.45) is 0 Å². The van der Waals surface area contributed by atoms with Crippen molar-refractivity contribution in [2.75, 3.05) is 39.6 Å². The van der Waals surface area contributed by atoms with E-state index in [1.54, 1.807) is 34.1 Å². The molecule has 1 unspecified atom stereocenters. The second-order valence-corrected chi connectivity index (χ2v) is 7.99. The molecule has 3 aliphatic rings. The Hall–Kier alpha value is -3.39. The van der Waals surface area contributed by atoms with Crippen LogP contribution >= 0.6 is 11.6 Å². The van der Waals surface area contributed by atoms with E-state index in [0.29, 0.717) is 54.2 Å². The number of carbonyl (C=O) groups excluding carboxylic acids is 2. The molecule has 2 aromatic carbocycles. The highest BCUT2D eigenvalue weighted by molar-refractivity contribution is 6.32. The number of halogens is 1. The Morgan fingerprint density at radius 1 is 0.938 bits per heavy atom. The SMILES string of the molecule is O=C(/C=C/c1cc(Cl)c2c(c1)OCO2)N1CCN(C(=O)C2COc3ccccc3O2)CC1. The molecule has 0 aliphatic carbocycles. The molecule has 5 rings (SSSR count). The summed E-state index contributed by atoms with van der Waals surface area (Å²) >= 11 is 6.19. The predicted octanol–water partition coefficient (Wildman–Crippen LogP) is 2.59. The van der Waals surface area contributed by atoms with Gasteiger partial charge in [-0.15, -0.1) is 0 Å². The Kier molecular flexibility index (Phi) is 5.53. The van der Waals surface area contributed by atoms with E-state index < -0.39 is 6.10 Å². The van der Waals surface area contributed by atoms with Crippen LogP contribution in [0, 0.1) is 0 Å². The molecule has 8 nitrogen and oxygen atoms in total. The van der Waals surface area contributed by atoms with E-state index in [0.717, 1.165) is 5.56 Å². The number of fused-ring (bicyclic) bond motifs is 2. The standard InChI is InChI=1S/C23H21ClN2O6/c24-16-11-15(12-19-22(16)31-14-30-19)5-6-21(27)25-7-9-26(10-8-25)23(28)20-13-29-17-3-1-2-4-18(17)32-20/h1-6,11-12,20H,7-10,13-14H2/b6-5+. The topological polar surface area (TPSA) is 77.5 Å². The number of hydrogen-bond donors (Lipinski definition) is 0. The van der Waals surface area contributed by atoms with Gasteiger partial charge < -0.3 is 28.7 Å². The van der Waals surface area contributed by atoms with Crippen molar-refractivity contribution in [3.05, 3.63) is 53.1 Å². The molecule has 9 heteroatoms. The van der Waals surface area contributed by atoms with Gasteiger partial charge in [-0.3, -0.25) is 9.59 Å². The molecule has 0 N–H and O–H groups in total. The number of rotatable bonds is 3. The molecule has 0 bridgehead atoms. The zero-order chi connectivity index (χ0) is 22.1. The smallest absolute Gasteiger partial charge is 0.267 e. The summed E-state index contributed by atoms with van der Waals surface area (Å²) in [5, 5.41) is 0.441. The summed E-state index contributed by atoms with van der Waals surface area (Å²) in [6.07, 6.45) is 2.52. The highest BCUT2D eigenvalue weighted by atomic mass is 35.5. The van der Waals surface area contributed by atoms with E-state index in [1.807, 2.05) is 18.2 Å². The molecule has 1 atom stereocenters. The van der Waals surface area contributed by atoms with Crippen LogP contribution < -0.4 is 18.9 Å². The fourth-order valence-corrected chi connectivity index (χ4v) is 4.12. The van der Waals surface area contributed by atoms with Crippen LogP contribution in [-0.2, 0) is 9.59 Å². The normalized spacial score (nSPS) is 19.3. The molecule has 3 heterocycles. The van der Waals surface area contributed by atoms with Crippen molar-refractivity contribution in [3.8, 4) is 23.0 Å². The summed E-state index contributed by atoms with van der Waals surface area (Å²) < 4.78 is 22.1. The van der Waals surface area contributed by atoms with Gasteiger partial charge in [-0.1, -0.05) is 23.7 Å². The number of carbonyl (C=O) groups is 2. The first-order chi connectivity index (χ1) is 15.6. The highest BCUT2D eigenvalue weighted by Gasteiger charge is 2.33. The van der Waals surface area contributed by atoms with Gasteiger partial charge in [0.15, 0.2) is 23.0 Å². The Morgan fingerprint density at radius 2 is 1.69 bits per heavy atom. The van der Waals surface area contributed by atoms with Crippen molar-refractivity contribution < 1.29 is 28.5 Å². The lowest BCUT2D eigenvalue weighted by molar-refractivity contribution is -0.145. The van der Waals surface area contributed by atoms with Crippen molar-refractivity contribution in [3.63, 3.8) is 0 Å². The minimum atomic E-state index is -0.678. The fraction of sp³-hybridized carbons (Fsp3) is 0.304. The van der Waals surface area contributed by atoms with Crippen LogP contribution in [-0.4, -0.2) is 67.3 Å². The summed E-state index contributed by atoms with van der Waals surface area (Å²) in [6, 6.07) is 10.8. The van der Waals surface area contributed by atoms with Crippen molar-refractivity contribution in [1.29, 1.82) is 0 Å². The van der Waals surface area contributed by atoms with E-state index in [-0.39, 0.29) is 25.2 Å². The van der Waals surface area contributed by atoms with Gasteiger partial charge in [0.2, 0.25) is 18.8 Å². The molecule has 0 saturated carbocycles. The van der Waals surface area contributed by atoms with Crippen LogP contribution in [0.1, 0.15) is 5.56 Å². The number of amides is 2. The third kappa shape index (κ3) is 4.05. The lowest BCUT2D eigenvalue weighted by Gasteiger charge is -2.36. The summed E-state index contributed by atoms with van der Waals surface area (Å²) in [5.41, 5.74) is 0.746. The molecule has 3 aliphatic heterocycles. The van der Waals surface area contributed by atoms with Gasteiger partial charge in [-0.2, -0.15) is 0 Å². The molecular weight excluding hydrogens is 436 g/mol. The number of benzene rings is 2. The summed E-state index contributed by atoms with van der Waals surface area (Å²) in [4.78, 5) is 28.9. The molecule has 1 fully saturated rings. The minimum absolute atomic E-state index is 0.128. The lowest BCUT2D eigenvalue weighted by Crippen LogP contribution is -2.54. The Bertz CT molecular complexity index is 1080. The second-order valence-electron chi connectivity index (χ2n) is 7.58. The minimum Gasteiger partial charge on any atom is -0.485 e. The van der Waals surface area contributed by atoms with Crippen molar-refractivity contribution in [2.45, 2.75) is 6.10 Å². The van der Waals surface area contributed by atoms with Gasteiger partial charge in [0.25, 0.3) is 5.91 Å². The van der Waals surface area contributed by atoms with Gasteiger partial charge in [-0.05, 0) is 35.9 Å². The van der Waals surface area contributed by atoms with E-state index in [2.05, 4.69) is 0 Å². The van der Waals surface area contributed by atoms with Crippen molar-refractivity contribution >= 4 is 29.5 Å². The highest BCUT2D eigenvalue weighted by Crippen LogP contribution is 2.40. The number of ether oxygens (including phenoxy) is 4. The van der Waals surface area contributed by atoms with Crippen LogP contribution in [0.25, 0.3) is 6.08 Å². The first-order valence-corrected chi connectivity index (χ1v) is 10.7. The Morgan fingerprint density at radius 3 is 2.50 bits per heavy atom. The molecule has 2 aromatic rings. The van der Waals surface area contributed by atoms with E-state index in [9.17, 15) is 9.59 Å². The lowest BCUT2D eigenvalue weighted by atomic mass is 10.1. The average molecular weight is 457 g/mol. The largest absolute Gasteiger partial charge is 0.485 e. The van der Waals surface area contributed by atoms with Crippen LogP contribution in [0.15, 0.2) is 42.5 Å². The number of para-hydroxylation sites is 2. The van der Waals surface area contributed by atoms with Gasteiger partial charge in [-0.25, -0.2) is 0 Å². The van der Waals surface area contributed by atoms with Crippen LogP contribution in [0.2, 0.25) is 5.02 Å². The van der Waals surface area contributed by atoms with Gasteiger partial charge >= 0.3 is 0 Å². The summed E-state index contributed by atoms with van der Waals surface area (Å²) in [5.74, 6) is 2.04. The Balaban J connectivity index is 1.15. The van der Waals surface area contributed by atoms with Gasteiger partial charge in [0, 0.05) is 32.3 Å². The summed E-state index contributed by atoms with van der Waals surface area (Å²) in [6.45, 7) is 2.08. The predicted molar refractivity (Wildman–Crippen MR) is 116 cm³/mol. The van der Waals surface area contributed by atoms with Gasteiger partial charge in [0.05, 0.1) is 5.02 Å². The molecule has 2 amide bonds. The Labute approximate surface area is 189 Å². The number of nitrogens with zero attached hydrogens (tertiary/aromatic N) is 2. The van der Waals surface area contributed by atoms with Crippen LogP contribution in [0.4, 0.5) is 0 Å². The molecule has 32 heavy (non-hydrogen) atoms. The number of piperazine rings is 1. The maximum atomic E-state index is 12.8. The third-order valence-corrected chi connectivity index (χ3v) is 5.84. The number of hydrogen-bond acceptors (Lipinski definition) is 6. The third-order valence-electron chi connectivity index (χ3n) is 5.55. The van der Waals surface area contributed by atoms with E-state index in [4.69, 9.17) is 30.5 Å². The first-order valence-electron chi connectivity index (χ1n) is 10.3. The van der Waals surface area contributed by atoms with E-state index >= 15 is 0 Å².